The first-order chi connectivity index (χ1) is 13.6. The molecular formula is C23H28N4O. The molecule has 2 heterocycles. The Balaban J connectivity index is 1.19. The first-order valence-electron chi connectivity index (χ1n) is 10.4. The van der Waals surface area contributed by atoms with Crippen LogP contribution in [0.3, 0.4) is 0 Å². The van der Waals surface area contributed by atoms with E-state index in [2.05, 4.69) is 69.7 Å². The van der Waals surface area contributed by atoms with Gasteiger partial charge in [0.05, 0.1) is 11.1 Å². The summed E-state index contributed by atoms with van der Waals surface area (Å²) in [6, 6.07) is 16.8. The summed E-state index contributed by atoms with van der Waals surface area (Å²) in [5, 5.41) is 22.1. The Labute approximate surface area is 165 Å². The minimum absolute atomic E-state index is 0.461. The molecule has 28 heavy (non-hydrogen) atoms. The summed E-state index contributed by atoms with van der Waals surface area (Å²) in [6.45, 7) is 5.57. The predicted molar refractivity (Wildman–Crippen MR) is 110 cm³/mol. The van der Waals surface area contributed by atoms with Crippen LogP contribution >= 0.6 is 0 Å². The molecule has 5 heteroatoms. The van der Waals surface area contributed by atoms with E-state index in [1.165, 1.54) is 11.1 Å². The van der Waals surface area contributed by atoms with Gasteiger partial charge in [-0.2, -0.15) is 0 Å². The number of hydrogen-bond donors (Lipinski definition) is 2. The fourth-order valence-electron chi connectivity index (χ4n) is 5.48. The van der Waals surface area contributed by atoms with Crippen molar-refractivity contribution in [2.45, 2.75) is 37.7 Å². The first kappa shape index (κ1) is 17.8. The van der Waals surface area contributed by atoms with E-state index in [0.29, 0.717) is 17.8 Å². The van der Waals surface area contributed by atoms with Crippen LogP contribution in [0.25, 0.3) is 11.0 Å². The Bertz CT molecular complexity index is 939. The highest BCUT2D eigenvalue weighted by molar-refractivity contribution is 5.74. The van der Waals surface area contributed by atoms with E-state index in [1.807, 2.05) is 6.07 Å². The van der Waals surface area contributed by atoms with Gasteiger partial charge in [0.2, 0.25) is 0 Å². The van der Waals surface area contributed by atoms with Crippen LogP contribution in [0.15, 0.2) is 48.5 Å². The van der Waals surface area contributed by atoms with Gasteiger partial charge in [0, 0.05) is 26.1 Å². The SMILES string of the molecule is CC(CN1C[C@@H]2C[C@@](O)(Cc3ccccc3)C[C@@H]2C1)c1ccc2[nH]nnc2c1. The highest BCUT2D eigenvalue weighted by atomic mass is 16.3. The van der Waals surface area contributed by atoms with Gasteiger partial charge >= 0.3 is 0 Å². The molecule has 1 saturated heterocycles. The molecule has 2 aliphatic rings. The lowest BCUT2D eigenvalue weighted by Crippen LogP contribution is -2.33. The number of rotatable bonds is 5. The van der Waals surface area contributed by atoms with Gasteiger partial charge in [-0.05, 0) is 53.9 Å². The van der Waals surface area contributed by atoms with Gasteiger partial charge in [-0.15, -0.1) is 5.10 Å². The molecule has 0 bridgehead atoms. The van der Waals surface area contributed by atoms with Gasteiger partial charge in [-0.1, -0.05) is 48.5 Å². The summed E-state index contributed by atoms with van der Waals surface area (Å²) in [6.07, 6.45) is 2.65. The third-order valence-corrected chi connectivity index (χ3v) is 6.76. The van der Waals surface area contributed by atoms with Crippen molar-refractivity contribution in [1.82, 2.24) is 20.3 Å². The van der Waals surface area contributed by atoms with Crippen LogP contribution in [0.4, 0.5) is 0 Å². The van der Waals surface area contributed by atoms with Crippen LogP contribution in [-0.2, 0) is 6.42 Å². The number of benzene rings is 2. The van der Waals surface area contributed by atoms with E-state index in [4.69, 9.17) is 0 Å². The lowest BCUT2D eigenvalue weighted by molar-refractivity contribution is 0.0353. The zero-order chi connectivity index (χ0) is 19.1. The second kappa shape index (κ2) is 6.98. The zero-order valence-electron chi connectivity index (χ0n) is 16.4. The molecule has 0 spiro atoms. The predicted octanol–water partition coefficient (Wildman–Crippen LogP) is 3.38. The quantitative estimate of drug-likeness (QED) is 0.716. The van der Waals surface area contributed by atoms with Crippen LogP contribution in [0.2, 0.25) is 0 Å². The number of aromatic amines is 1. The minimum Gasteiger partial charge on any atom is -0.390 e. The number of nitrogens with zero attached hydrogens (tertiary/aromatic N) is 3. The summed E-state index contributed by atoms with van der Waals surface area (Å²) >= 11 is 0. The van der Waals surface area contributed by atoms with Gasteiger partial charge in [0.15, 0.2) is 0 Å². The highest BCUT2D eigenvalue weighted by Crippen LogP contribution is 2.45. The van der Waals surface area contributed by atoms with Crippen LogP contribution in [-0.4, -0.2) is 50.7 Å². The van der Waals surface area contributed by atoms with Crippen molar-refractivity contribution >= 4 is 11.0 Å². The Morgan fingerprint density at radius 3 is 2.64 bits per heavy atom. The molecule has 2 aromatic carbocycles. The molecule has 1 unspecified atom stereocenters. The number of H-pyrrole nitrogens is 1. The second-order valence-corrected chi connectivity index (χ2v) is 9.02. The molecule has 5 rings (SSSR count). The summed E-state index contributed by atoms with van der Waals surface area (Å²) < 4.78 is 0. The Kier molecular flexibility index (Phi) is 4.44. The Hall–Kier alpha value is -2.24. The van der Waals surface area contributed by atoms with Gasteiger partial charge in [-0.25, -0.2) is 0 Å². The lowest BCUT2D eigenvalue weighted by Gasteiger charge is -2.27. The average Bonchev–Trinajstić information content (AvgIpc) is 3.35. The molecule has 1 saturated carbocycles. The molecule has 1 aromatic heterocycles. The van der Waals surface area contributed by atoms with E-state index in [0.717, 1.165) is 49.9 Å². The summed E-state index contributed by atoms with van der Waals surface area (Å²) in [5.41, 5.74) is 3.97. The lowest BCUT2D eigenvalue weighted by atomic mass is 9.91. The Morgan fingerprint density at radius 2 is 1.89 bits per heavy atom. The molecule has 5 nitrogen and oxygen atoms in total. The maximum Gasteiger partial charge on any atom is 0.113 e. The van der Waals surface area contributed by atoms with E-state index in [1.54, 1.807) is 0 Å². The van der Waals surface area contributed by atoms with Crippen molar-refractivity contribution < 1.29 is 5.11 Å². The molecule has 4 atom stereocenters. The van der Waals surface area contributed by atoms with E-state index >= 15 is 0 Å². The number of hydrogen-bond acceptors (Lipinski definition) is 4. The summed E-state index contributed by atoms with van der Waals surface area (Å²) in [7, 11) is 0. The third kappa shape index (κ3) is 3.45. The second-order valence-electron chi connectivity index (χ2n) is 9.02. The minimum atomic E-state index is -0.521. The van der Waals surface area contributed by atoms with Crippen molar-refractivity contribution in [2.24, 2.45) is 11.8 Å². The van der Waals surface area contributed by atoms with E-state index in [-0.39, 0.29) is 0 Å². The highest BCUT2D eigenvalue weighted by Gasteiger charge is 2.48. The first-order valence-corrected chi connectivity index (χ1v) is 10.4. The average molecular weight is 377 g/mol. The fourth-order valence-corrected chi connectivity index (χ4v) is 5.48. The smallest absolute Gasteiger partial charge is 0.113 e. The largest absolute Gasteiger partial charge is 0.390 e. The molecule has 1 aliphatic carbocycles. The van der Waals surface area contributed by atoms with Gasteiger partial charge in [0.25, 0.3) is 0 Å². The maximum absolute atomic E-state index is 11.1. The molecule has 3 aromatic rings. The van der Waals surface area contributed by atoms with Crippen molar-refractivity contribution in [1.29, 1.82) is 0 Å². The third-order valence-electron chi connectivity index (χ3n) is 6.76. The standard InChI is InChI=1S/C23H28N4O/c1-16(18-7-8-21-22(9-18)25-26-24-21)13-27-14-19-11-23(28,12-20(19)15-27)10-17-5-3-2-4-6-17/h2-9,16,19-20,28H,10-15H2,1H3,(H,24,25,26)/t16?,19-,20+,23-. The van der Waals surface area contributed by atoms with Crippen LogP contribution < -0.4 is 0 Å². The molecule has 1 aliphatic heterocycles. The number of likely N-dealkylation sites (tertiary alicyclic amines) is 1. The number of aliphatic hydroxyl groups is 1. The topological polar surface area (TPSA) is 65.0 Å². The maximum atomic E-state index is 11.1. The van der Waals surface area contributed by atoms with Crippen molar-refractivity contribution in [3.05, 3.63) is 59.7 Å². The monoisotopic (exact) mass is 376 g/mol. The van der Waals surface area contributed by atoms with Crippen molar-refractivity contribution in [2.75, 3.05) is 19.6 Å². The zero-order valence-corrected chi connectivity index (χ0v) is 16.4. The van der Waals surface area contributed by atoms with Gasteiger partial charge in [0.1, 0.15) is 5.52 Å². The van der Waals surface area contributed by atoms with E-state index in [9.17, 15) is 5.11 Å². The normalized spacial score (nSPS) is 28.6. The Morgan fingerprint density at radius 1 is 1.14 bits per heavy atom. The number of fused-ring (bicyclic) bond motifs is 2. The summed E-state index contributed by atoms with van der Waals surface area (Å²) in [4.78, 5) is 2.59. The van der Waals surface area contributed by atoms with E-state index < -0.39 is 5.60 Å². The summed E-state index contributed by atoms with van der Waals surface area (Å²) in [5.74, 6) is 1.71. The molecule has 2 fully saturated rings. The molecule has 0 amide bonds. The van der Waals surface area contributed by atoms with Crippen LogP contribution in [0.5, 0.6) is 0 Å². The number of nitrogens with one attached hydrogen (secondary N) is 1. The molecule has 0 radical (unpaired) electrons. The molecular weight excluding hydrogens is 348 g/mol. The molecule has 146 valence electrons. The van der Waals surface area contributed by atoms with Crippen LogP contribution in [0, 0.1) is 11.8 Å². The van der Waals surface area contributed by atoms with Gasteiger partial charge in [-0.3, -0.25) is 5.10 Å². The van der Waals surface area contributed by atoms with Gasteiger partial charge < -0.3 is 10.0 Å². The van der Waals surface area contributed by atoms with Crippen molar-refractivity contribution in [3.8, 4) is 0 Å². The van der Waals surface area contributed by atoms with Crippen LogP contribution in [0.1, 0.15) is 36.8 Å². The number of aromatic nitrogens is 3. The molecule has 2 N–H and O–H groups in total. The van der Waals surface area contributed by atoms with Crippen molar-refractivity contribution in [3.63, 3.8) is 0 Å². The fraction of sp³-hybridized carbons (Fsp3) is 0.478.